The van der Waals surface area contributed by atoms with Crippen molar-refractivity contribution >= 4 is 12.2 Å². The Kier molecular flexibility index (Phi) is 12.9. The number of unbranched alkanes of at least 4 members (excludes halogenated alkanes) is 1. The van der Waals surface area contributed by atoms with Crippen LogP contribution in [0.4, 0.5) is 0 Å². The van der Waals surface area contributed by atoms with Gasteiger partial charge in [0.05, 0.1) is 0 Å². The molecule has 1 aliphatic carbocycles. The highest BCUT2D eigenvalue weighted by Crippen LogP contribution is 2.16. The van der Waals surface area contributed by atoms with Crippen LogP contribution in [-0.2, 0) is 11.2 Å². The van der Waals surface area contributed by atoms with Crippen molar-refractivity contribution in [3.8, 4) is 0 Å². The van der Waals surface area contributed by atoms with Crippen LogP contribution in [0, 0.1) is 0 Å². The van der Waals surface area contributed by atoms with Gasteiger partial charge in [0.15, 0.2) is 5.69 Å². The molecule has 0 unspecified atom stereocenters. The third-order valence-corrected chi connectivity index (χ3v) is 3.58. The zero-order valence-corrected chi connectivity index (χ0v) is 14.6. The first-order valence-electron chi connectivity index (χ1n) is 8.45. The average molecular weight is 325 g/mol. The molecular formula is C17H31N3O3. The molecule has 1 aromatic rings. The van der Waals surface area contributed by atoms with Crippen molar-refractivity contribution in [1.29, 1.82) is 0 Å². The number of carbonyl (C=O) groups excluding carboxylic acids is 2. The van der Waals surface area contributed by atoms with E-state index in [0.29, 0.717) is 12.2 Å². The molecule has 132 valence electrons. The minimum Gasteiger partial charge on any atom is -0.364 e. The van der Waals surface area contributed by atoms with Crippen molar-refractivity contribution in [2.24, 2.45) is 5.73 Å². The van der Waals surface area contributed by atoms with Crippen LogP contribution in [0.3, 0.4) is 0 Å². The fourth-order valence-corrected chi connectivity index (χ4v) is 2.10. The van der Waals surface area contributed by atoms with Gasteiger partial charge in [-0.15, -0.1) is 0 Å². The van der Waals surface area contributed by atoms with Crippen LogP contribution in [0.5, 0.6) is 0 Å². The normalized spacial score (nSPS) is 14.0. The quantitative estimate of drug-likeness (QED) is 0.811. The smallest absolute Gasteiger partial charge is 0.270 e. The molecule has 2 rings (SSSR count). The molecule has 6 nitrogen and oxygen atoms in total. The molecule has 0 aromatic carbocycles. The van der Waals surface area contributed by atoms with Crippen molar-refractivity contribution in [3.63, 3.8) is 0 Å². The minimum absolute atomic E-state index is 0.192. The fraction of sp³-hybridized carbons (Fsp3) is 0.706. The summed E-state index contributed by atoms with van der Waals surface area (Å²) in [4.78, 5) is 19.8. The van der Waals surface area contributed by atoms with Gasteiger partial charge in [0, 0.05) is 24.9 Å². The molecular weight excluding hydrogens is 294 g/mol. The van der Waals surface area contributed by atoms with Crippen molar-refractivity contribution in [1.82, 2.24) is 10.5 Å². The van der Waals surface area contributed by atoms with E-state index >= 15 is 0 Å². The SMILES string of the molecule is CCCC=O.CCc1cc(C(N)=O)no1.CNC1CCCCC1. The Hall–Kier alpha value is -1.69. The lowest BCUT2D eigenvalue weighted by Gasteiger charge is -2.20. The van der Waals surface area contributed by atoms with E-state index in [1.165, 1.54) is 32.1 Å². The Morgan fingerprint density at radius 1 is 1.39 bits per heavy atom. The first kappa shape index (κ1) is 21.3. The number of aromatic nitrogens is 1. The van der Waals surface area contributed by atoms with E-state index in [2.05, 4.69) is 17.5 Å². The molecule has 0 spiro atoms. The highest BCUT2D eigenvalue weighted by atomic mass is 16.5. The molecule has 6 heteroatoms. The standard InChI is InChI=1S/C7H15N.C6H8N2O2.C4H8O/c1-8-7-5-3-2-4-6-7;1-2-4-3-5(6(7)9)8-10-4;1-2-3-4-5/h7-8H,2-6H2,1H3;3H,2H2,1H3,(H2,7,9);4H,2-3H2,1H3. The molecule has 1 amide bonds. The lowest BCUT2D eigenvalue weighted by molar-refractivity contribution is -0.107. The molecule has 1 saturated carbocycles. The topological polar surface area (TPSA) is 98.2 Å². The number of carbonyl (C=O) groups is 2. The summed E-state index contributed by atoms with van der Waals surface area (Å²) >= 11 is 0. The van der Waals surface area contributed by atoms with Crippen LogP contribution >= 0.6 is 0 Å². The maximum Gasteiger partial charge on any atom is 0.270 e. The Balaban J connectivity index is 0.000000335. The number of nitrogens with zero attached hydrogens (tertiary/aromatic N) is 1. The number of aldehydes is 1. The second-order valence-electron chi connectivity index (χ2n) is 5.48. The third-order valence-electron chi connectivity index (χ3n) is 3.58. The van der Waals surface area contributed by atoms with E-state index < -0.39 is 5.91 Å². The number of aryl methyl sites for hydroxylation is 1. The third kappa shape index (κ3) is 10.6. The Bertz CT molecular complexity index is 426. The van der Waals surface area contributed by atoms with Gasteiger partial charge in [-0.05, 0) is 26.3 Å². The molecule has 23 heavy (non-hydrogen) atoms. The summed E-state index contributed by atoms with van der Waals surface area (Å²) in [6.45, 7) is 3.89. The predicted molar refractivity (Wildman–Crippen MR) is 91.3 cm³/mol. The van der Waals surface area contributed by atoms with E-state index in [0.717, 1.165) is 25.2 Å². The van der Waals surface area contributed by atoms with Gasteiger partial charge in [0.2, 0.25) is 0 Å². The number of nitrogens with two attached hydrogens (primary N) is 1. The maximum atomic E-state index is 10.4. The van der Waals surface area contributed by atoms with Gasteiger partial charge in [-0.3, -0.25) is 4.79 Å². The highest BCUT2D eigenvalue weighted by molar-refractivity contribution is 5.90. The van der Waals surface area contributed by atoms with Crippen molar-refractivity contribution in [2.45, 2.75) is 71.3 Å². The zero-order chi connectivity index (χ0) is 17.5. The average Bonchev–Trinajstić information content (AvgIpc) is 3.07. The lowest BCUT2D eigenvalue weighted by Crippen LogP contribution is -2.26. The summed E-state index contributed by atoms with van der Waals surface area (Å²) in [5.41, 5.74) is 5.11. The Labute approximate surface area is 139 Å². The molecule has 0 radical (unpaired) electrons. The van der Waals surface area contributed by atoms with Crippen molar-refractivity contribution in [2.75, 3.05) is 7.05 Å². The zero-order valence-electron chi connectivity index (χ0n) is 14.6. The predicted octanol–water partition coefficient (Wildman–Crippen LogP) is 2.86. The van der Waals surface area contributed by atoms with Crippen LogP contribution < -0.4 is 11.1 Å². The first-order valence-corrected chi connectivity index (χ1v) is 8.45. The number of amides is 1. The van der Waals surface area contributed by atoms with E-state index in [1.807, 2.05) is 13.8 Å². The fourth-order valence-electron chi connectivity index (χ4n) is 2.10. The van der Waals surface area contributed by atoms with Crippen LogP contribution in [0.25, 0.3) is 0 Å². The van der Waals surface area contributed by atoms with Gasteiger partial charge in [-0.2, -0.15) is 0 Å². The van der Waals surface area contributed by atoms with E-state index in [4.69, 9.17) is 10.3 Å². The molecule has 0 aliphatic heterocycles. The van der Waals surface area contributed by atoms with Gasteiger partial charge in [-0.1, -0.05) is 38.3 Å². The Morgan fingerprint density at radius 2 is 2.04 bits per heavy atom. The van der Waals surface area contributed by atoms with E-state index in [9.17, 15) is 9.59 Å². The molecule has 1 aromatic heterocycles. The maximum absolute atomic E-state index is 10.4. The summed E-state index contributed by atoms with van der Waals surface area (Å²) < 4.78 is 4.72. The minimum atomic E-state index is -0.552. The second kappa shape index (κ2) is 13.9. The lowest BCUT2D eigenvalue weighted by atomic mass is 9.96. The number of hydrogen-bond acceptors (Lipinski definition) is 5. The number of nitrogens with one attached hydrogen (secondary N) is 1. The van der Waals surface area contributed by atoms with Crippen LogP contribution in [0.2, 0.25) is 0 Å². The second-order valence-corrected chi connectivity index (χ2v) is 5.48. The molecule has 0 bridgehead atoms. The summed E-state index contributed by atoms with van der Waals surface area (Å²) in [5, 5.41) is 6.74. The van der Waals surface area contributed by atoms with Crippen molar-refractivity contribution in [3.05, 3.63) is 17.5 Å². The molecule has 1 aliphatic rings. The summed E-state index contributed by atoms with van der Waals surface area (Å²) in [6, 6.07) is 2.38. The summed E-state index contributed by atoms with van der Waals surface area (Å²) in [6.07, 6.45) is 10.5. The molecule has 1 fully saturated rings. The van der Waals surface area contributed by atoms with Gasteiger partial charge in [0.25, 0.3) is 5.91 Å². The number of rotatable bonds is 5. The van der Waals surface area contributed by atoms with Gasteiger partial charge >= 0.3 is 0 Å². The summed E-state index contributed by atoms with van der Waals surface area (Å²) in [5.74, 6) is 0.122. The summed E-state index contributed by atoms with van der Waals surface area (Å²) in [7, 11) is 2.07. The van der Waals surface area contributed by atoms with Crippen molar-refractivity contribution < 1.29 is 14.1 Å². The van der Waals surface area contributed by atoms with Gasteiger partial charge in [0.1, 0.15) is 12.0 Å². The van der Waals surface area contributed by atoms with Crippen LogP contribution in [0.15, 0.2) is 10.6 Å². The number of hydrogen-bond donors (Lipinski definition) is 2. The molecule has 3 N–H and O–H groups in total. The Morgan fingerprint density at radius 3 is 2.30 bits per heavy atom. The first-order chi connectivity index (χ1) is 11.1. The molecule has 0 saturated heterocycles. The highest BCUT2D eigenvalue weighted by Gasteiger charge is 2.09. The molecule has 0 atom stereocenters. The number of primary amides is 1. The van der Waals surface area contributed by atoms with E-state index in [1.54, 1.807) is 6.07 Å². The molecule has 1 heterocycles. The van der Waals surface area contributed by atoms with Crippen LogP contribution in [-0.4, -0.2) is 30.4 Å². The monoisotopic (exact) mass is 325 g/mol. The van der Waals surface area contributed by atoms with E-state index in [-0.39, 0.29) is 5.69 Å². The van der Waals surface area contributed by atoms with Gasteiger partial charge in [-0.25, -0.2) is 0 Å². The van der Waals surface area contributed by atoms with Gasteiger partial charge < -0.3 is 20.4 Å². The largest absolute Gasteiger partial charge is 0.364 e. The van der Waals surface area contributed by atoms with Crippen LogP contribution in [0.1, 0.15) is 75.0 Å².